The Morgan fingerprint density at radius 1 is 0.926 bits per heavy atom. The van der Waals surface area contributed by atoms with Gasteiger partial charge in [-0.05, 0) is 56.7 Å². The maximum absolute atomic E-state index is 8.87. The fourth-order valence-electron chi connectivity index (χ4n) is 2.49. The summed E-state index contributed by atoms with van der Waals surface area (Å²) in [4.78, 5) is 8.80. The molecule has 0 amide bonds. The van der Waals surface area contributed by atoms with Gasteiger partial charge in [0.15, 0.2) is 0 Å². The number of benzene rings is 2. The molecular weight excluding hydrogens is 340 g/mol. The van der Waals surface area contributed by atoms with Gasteiger partial charge < -0.3 is 20.5 Å². The molecule has 3 N–H and O–H groups in total. The van der Waals surface area contributed by atoms with Crippen LogP contribution in [-0.4, -0.2) is 28.2 Å². The Morgan fingerprint density at radius 3 is 2.26 bits per heavy atom. The van der Waals surface area contributed by atoms with Crippen molar-refractivity contribution in [3.05, 3.63) is 65.9 Å². The van der Waals surface area contributed by atoms with Gasteiger partial charge in [-0.15, -0.1) is 0 Å². The van der Waals surface area contributed by atoms with E-state index in [9.17, 15) is 0 Å². The van der Waals surface area contributed by atoms with E-state index in [1.54, 1.807) is 0 Å². The fourth-order valence-corrected chi connectivity index (χ4v) is 2.49. The average Bonchev–Trinajstić information content (AvgIpc) is 2.65. The van der Waals surface area contributed by atoms with Gasteiger partial charge in [0.2, 0.25) is 5.95 Å². The molecule has 0 atom stereocenters. The lowest BCUT2D eigenvalue weighted by Crippen LogP contribution is -2.08. The van der Waals surface area contributed by atoms with Gasteiger partial charge in [-0.1, -0.05) is 17.7 Å². The molecule has 0 radical (unpaired) electrons. The van der Waals surface area contributed by atoms with Crippen LogP contribution in [0.3, 0.4) is 0 Å². The van der Waals surface area contributed by atoms with E-state index in [0.29, 0.717) is 24.7 Å². The first-order valence-electron chi connectivity index (χ1n) is 8.94. The van der Waals surface area contributed by atoms with Crippen LogP contribution in [0.5, 0.6) is 11.5 Å². The number of hydrogen-bond donors (Lipinski definition) is 3. The van der Waals surface area contributed by atoms with Crippen molar-refractivity contribution in [3.63, 3.8) is 0 Å². The normalized spacial score (nSPS) is 10.5. The molecule has 1 aromatic heterocycles. The summed E-state index contributed by atoms with van der Waals surface area (Å²) in [7, 11) is 0. The predicted molar refractivity (Wildman–Crippen MR) is 108 cm³/mol. The number of nitrogens with zero attached hydrogens (tertiary/aromatic N) is 2. The molecule has 0 aliphatic rings. The van der Waals surface area contributed by atoms with Crippen molar-refractivity contribution < 1.29 is 9.84 Å². The van der Waals surface area contributed by atoms with Gasteiger partial charge in [0.25, 0.3) is 0 Å². The molecule has 27 heavy (non-hydrogen) atoms. The van der Waals surface area contributed by atoms with Crippen LogP contribution in [-0.2, 0) is 0 Å². The van der Waals surface area contributed by atoms with E-state index in [1.807, 2.05) is 68.4 Å². The third-order valence-corrected chi connectivity index (χ3v) is 3.86. The monoisotopic (exact) mass is 364 g/mol. The highest BCUT2D eigenvalue weighted by Gasteiger charge is 2.04. The second-order valence-corrected chi connectivity index (χ2v) is 6.29. The van der Waals surface area contributed by atoms with Crippen LogP contribution in [0.15, 0.2) is 54.6 Å². The van der Waals surface area contributed by atoms with Crippen molar-refractivity contribution in [2.24, 2.45) is 0 Å². The topological polar surface area (TPSA) is 79.3 Å². The largest absolute Gasteiger partial charge is 0.457 e. The molecule has 6 nitrogen and oxygen atoms in total. The summed E-state index contributed by atoms with van der Waals surface area (Å²) >= 11 is 0. The molecule has 0 spiro atoms. The number of ether oxygens (including phenoxy) is 1. The summed E-state index contributed by atoms with van der Waals surface area (Å²) in [5, 5.41) is 15.3. The second kappa shape index (κ2) is 9.00. The number of aryl methyl sites for hydroxylation is 2. The molecule has 2 aromatic carbocycles. The van der Waals surface area contributed by atoms with Crippen molar-refractivity contribution >= 4 is 17.5 Å². The van der Waals surface area contributed by atoms with E-state index >= 15 is 0 Å². The molecular formula is C21H24N4O2. The summed E-state index contributed by atoms with van der Waals surface area (Å²) in [6.07, 6.45) is 0.655. The zero-order valence-electron chi connectivity index (χ0n) is 15.6. The SMILES string of the molecule is Cc1ccc(Oc2ccc(Nc3cc(C)nc(NCCCO)n3)cc2)cc1. The summed E-state index contributed by atoms with van der Waals surface area (Å²) in [6.45, 7) is 4.74. The van der Waals surface area contributed by atoms with Crippen LogP contribution in [0.1, 0.15) is 17.7 Å². The molecule has 0 fully saturated rings. The number of aromatic nitrogens is 2. The van der Waals surface area contributed by atoms with Crippen molar-refractivity contribution in [3.8, 4) is 11.5 Å². The summed E-state index contributed by atoms with van der Waals surface area (Å²) < 4.78 is 5.85. The van der Waals surface area contributed by atoms with Crippen LogP contribution in [0.4, 0.5) is 17.5 Å². The lowest BCUT2D eigenvalue weighted by atomic mass is 10.2. The average molecular weight is 364 g/mol. The highest BCUT2D eigenvalue weighted by molar-refractivity contribution is 5.58. The van der Waals surface area contributed by atoms with Gasteiger partial charge in [0.05, 0.1) is 0 Å². The standard InChI is InChI=1S/C21H24N4O2/c1-15-4-8-18(9-5-15)27-19-10-6-17(7-11-19)24-20-14-16(2)23-21(25-20)22-12-3-13-26/h4-11,14,26H,3,12-13H2,1-2H3,(H2,22,23,24,25). The summed E-state index contributed by atoms with van der Waals surface area (Å²) in [5.41, 5.74) is 2.97. The van der Waals surface area contributed by atoms with Crippen LogP contribution in [0.25, 0.3) is 0 Å². The van der Waals surface area contributed by atoms with E-state index in [2.05, 4.69) is 20.6 Å². The minimum absolute atomic E-state index is 0.140. The van der Waals surface area contributed by atoms with Crippen molar-refractivity contribution in [2.45, 2.75) is 20.3 Å². The van der Waals surface area contributed by atoms with Crippen LogP contribution in [0.2, 0.25) is 0 Å². The molecule has 0 saturated carbocycles. The smallest absolute Gasteiger partial charge is 0.224 e. The predicted octanol–water partition coefficient (Wildman–Crippen LogP) is 4.42. The Morgan fingerprint density at radius 2 is 1.59 bits per heavy atom. The summed E-state index contributed by atoms with van der Waals surface area (Å²) in [5.74, 6) is 2.84. The Labute approximate surface area is 159 Å². The van der Waals surface area contributed by atoms with E-state index in [-0.39, 0.29) is 6.61 Å². The molecule has 0 saturated heterocycles. The molecule has 0 aliphatic heterocycles. The first kappa shape index (κ1) is 18.7. The van der Waals surface area contributed by atoms with Crippen LogP contribution < -0.4 is 15.4 Å². The molecule has 0 bridgehead atoms. The number of nitrogens with one attached hydrogen (secondary N) is 2. The molecule has 1 heterocycles. The van der Waals surface area contributed by atoms with Crippen LogP contribution in [0, 0.1) is 13.8 Å². The zero-order valence-corrected chi connectivity index (χ0v) is 15.6. The van der Waals surface area contributed by atoms with Gasteiger partial charge in [-0.2, -0.15) is 4.98 Å². The van der Waals surface area contributed by atoms with E-state index < -0.39 is 0 Å². The van der Waals surface area contributed by atoms with E-state index in [0.717, 1.165) is 22.9 Å². The summed E-state index contributed by atoms with van der Waals surface area (Å²) in [6, 6.07) is 17.6. The lowest BCUT2D eigenvalue weighted by Gasteiger charge is -2.11. The van der Waals surface area contributed by atoms with Gasteiger partial charge in [0.1, 0.15) is 17.3 Å². The minimum Gasteiger partial charge on any atom is -0.457 e. The van der Waals surface area contributed by atoms with Crippen molar-refractivity contribution in [1.29, 1.82) is 0 Å². The third kappa shape index (κ3) is 5.69. The van der Waals surface area contributed by atoms with E-state index in [4.69, 9.17) is 9.84 Å². The minimum atomic E-state index is 0.140. The Balaban J connectivity index is 1.64. The maximum atomic E-state index is 8.87. The van der Waals surface area contributed by atoms with Gasteiger partial charge >= 0.3 is 0 Å². The fraction of sp³-hybridized carbons (Fsp3) is 0.238. The van der Waals surface area contributed by atoms with E-state index in [1.165, 1.54) is 5.56 Å². The molecule has 3 aromatic rings. The number of anilines is 3. The molecule has 0 unspecified atom stereocenters. The number of rotatable bonds is 8. The van der Waals surface area contributed by atoms with Crippen molar-refractivity contribution in [2.75, 3.05) is 23.8 Å². The number of aliphatic hydroxyl groups is 1. The van der Waals surface area contributed by atoms with Crippen LogP contribution >= 0.6 is 0 Å². The Bertz CT molecular complexity index is 864. The number of aliphatic hydroxyl groups excluding tert-OH is 1. The zero-order chi connectivity index (χ0) is 19.1. The lowest BCUT2D eigenvalue weighted by molar-refractivity contribution is 0.292. The number of hydrogen-bond acceptors (Lipinski definition) is 6. The quantitative estimate of drug-likeness (QED) is 0.513. The second-order valence-electron chi connectivity index (χ2n) is 6.29. The molecule has 140 valence electrons. The van der Waals surface area contributed by atoms with Gasteiger partial charge in [-0.3, -0.25) is 0 Å². The molecule has 6 heteroatoms. The highest BCUT2D eigenvalue weighted by atomic mass is 16.5. The van der Waals surface area contributed by atoms with Crippen molar-refractivity contribution in [1.82, 2.24) is 9.97 Å². The van der Waals surface area contributed by atoms with Gasteiger partial charge in [0, 0.05) is 30.6 Å². The Kier molecular flexibility index (Phi) is 6.22. The molecule has 3 rings (SSSR count). The first-order chi connectivity index (χ1) is 13.1. The molecule has 0 aliphatic carbocycles. The highest BCUT2D eigenvalue weighted by Crippen LogP contribution is 2.24. The maximum Gasteiger partial charge on any atom is 0.224 e. The Hall–Kier alpha value is -3.12. The van der Waals surface area contributed by atoms with Gasteiger partial charge in [-0.25, -0.2) is 4.98 Å². The third-order valence-electron chi connectivity index (χ3n) is 3.86. The first-order valence-corrected chi connectivity index (χ1v) is 8.94.